The molecule has 0 radical (unpaired) electrons. The number of rotatable bonds is 6. The highest BCUT2D eigenvalue weighted by atomic mass is 35.5. The molecule has 0 bridgehead atoms. The Bertz CT molecular complexity index is 998. The molecule has 2 aromatic carbocycles. The summed E-state index contributed by atoms with van der Waals surface area (Å²) in [5.74, 6) is -0.369. The van der Waals surface area contributed by atoms with Crippen LogP contribution in [0.2, 0.25) is 5.02 Å². The Balaban J connectivity index is 2.13. The van der Waals surface area contributed by atoms with Crippen LogP contribution in [0.3, 0.4) is 0 Å². The lowest BCUT2D eigenvalue weighted by molar-refractivity contribution is 0.0690. The summed E-state index contributed by atoms with van der Waals surface area (Å²) in [6, 6.07) is 18.0. The fourth-order valence-electron chi connectivity index (χ4n) is 2.72. The first-order valence-corrected chi connectivity index (χ1v) is 8.81. The van der Waals surface area contributed by atoms with Gasteiger partial charge in [-0.05, 0) is 42.8 Å². The van der Waals surface area contributed by atoms with Gasteiger partial charge in [-0.2, -0.15) is 0 Å². The molecule has 0 aliphatic rings. The molecule has 3 rings (SSSR count). The minimum Gasteiger partial charge on any atom is -0.489 e. The molecule has 0 saturated heterocycles. The van der Waals surface area contributed by atoms with Gasteiger partial charge in [0.15, 0.2) is 0 Å². The molecule has 0 aliphatic heterocycles. The van der Waals surface area contributed by atoms with E-state index in [1.165, 1.54) is 6.07 Å². The number of carboxylic acid groups (broad SMARTS) is 1. The second-order valence-corrected chi connectivity index (χ2v) is 6.22. The van der Waals surface area contributed by atoms with Crippen molar-refractivity contribution in [1.29, 1.82) is 0 Å². The molecule has 5 heteroatoms. The van der Waals surface area contributed by atoms with Crippen LogP contribution in [0.1, 0.15) is 17.4 Å². The average Bonchev–Trinajstić information content (AvgIpc) is 2.69. The van der Waals surface area contributed by atoms with Gasteiger partial charge in [0, 0.05) is 16.1 Å². The van der Waals surface area contributed by atoms with E-state index in [-0.39, 0.29) is 5.69 Å². The SMILES string of the molecule is C/C=C\COc1ccc(Cl)cc1-c1ccccc1-c1cccc(C(=O)O)n1. The predicted molar refractivity (Wildman–Crippen MR) is 107 cm³/mol. The third kappa shape index (κ3) is 4.36. The molecule has 3 aromatic rings. The van der Waals surface area contributed by atoms with Crippen LogP contribution in [-0.4, -0.2) is 22.7 Å². The number of pyridine rings is 1. The molecule has 0 atom stereocenters. The number of halogens is 1. The molecule has 1 N–H and O–H groups in total. The van der Waals surface area contributed by atoms with Gasteiger partial charge in [0.25, 0.3) is 0 Å². The van der Waals surface area contributed by atoms with Crippen LogP contribution >= 0.6 is 11.6 Å². The van der Waals surface area contributed by atoms with Crippen LogP contribution < -0.4 is 4.74 Å². The fourth-order valence-corrected chi connectivity index (χ4v) is 2.89. The number of nitrogens with zero attached hydrogens (tertiary/aromatic N) is 1. The van der Waals surface area contributed by atoms with Crippen molar-refractivity contribution in [3.05, 3.63) is 83.5 Å². The maximum atomic E-state index is 11.3. The van der Waals surface area contributed by atoms with Gasteiger partial charge in [-0.1, -0.05) is 54.1 Å². The van der Waals surface area contributed by atoms with Crippen LogP contribution in [0.15, 0.2) is 72.8 Å². The van der Waals surface area contributed by atoms with E-state index >= 15 is 0 Å². The molecule has 0 spiro atoms. The summed E-state index contributed by atoms with van der Waals surface area (Å²) in [4.78, 5) is 15.6. The number of hydrogen-bond acceptors (Lipinski definition) is 3. The largest absolute Gasteiger partial charge is 0.489 e. The van der Waals surface area contributed by atoms with E-state index in [0.29, 0.717) is 23.1 Å². The zero-order valence-electron chi connectivity index (χ0n) is 14.7. The maximum absolute atomic E-state index is 11.3. The van der Waals surface area contributed by atoms with E-state index in [1.54, 1.807) is 18.2 Å². The van der Waals surface area contributed by atoms with Gasteiger partial charge in [0.1, 0.15) is 18.1 Å². The first kappa shape index (κ1) is 18.7. The van der Waals surface area contributed by atoms with Crippen molar-refractivity contribution in [3.63, 3.8) is 0 Å². The third-order valence-corrected chi connectivity index (χ3v) is 4.21. The van der Waals surface area contributed by atoms with Gasteiger partial charge >= 0.3 is 5.97 Å². The monoisotopic (exact) mass is 379 g/mol. The zero-order valence-corrected chi connectivity index (χ0v) is 15.5. The number of allylic oxidation sites excluding steroid dienone is 1. The Morgan fingerprint density at radius 2 is 1.85 bits per heavy atom. The lowest BCUT2D eigenvalue weighted by Crippen LogP contribution is -2.01. The topological polar surface area (TPSA) is 59.4 Å². The standard InChI is InChI=1S/C22H18ClNO3/c1-2-3-13-27-21-12-11-15(23)14-18(21)16-7-4-5-8-17(16)19-9-6-10-20(24-19)22(25)26/h2-12,14H,13H2,1H3,(H,25,26)/b3-2-. The second kappa shape index (κ2) is 8.52. The van der Waals surface area contributed by atoms with Crippen molar-refractivity contribution >= 4 is 17.6 Å². The van der Waals surface area contributed by atoms with Crippen LogP contribution in [-0.2, 0) is 0 Å². The number of ether oxygens (including phenoxy) is 1. The molecular weight excluding hydrogens is 362 g/mol. The normalized spacial score (nSPS) is 10.9. The van der Waals surface area contributed by atoms with E-state index in [4.69, 9.17) is 16.3 Å². The second-order valence-electron chi connectivity index (χ2n) is 5.78. The summed E-state index contributed by atoms with van der Waals surface area (Å²) in [7, 11) is 0. The quantitative estimate of drug-likeness (QED) is 0.556. The van der Waals surface area contributed by atoms with Gasteiger partial charge < -0.3 is 9.84 Å². The summed E-state index contributed by atoms with van der Waals surface area (Å²) in [6.45, 7) is 2.38. The number of hydrogen-bond donors (Lipinski definition) is 1. The Hall–Kier alpha value is -3.11. The molecule has 4 nitrogen and oxygen atoms in total. The highest BCUT2D eigenvalue weighted by molar-refractivity contribution is 6.31. The number of aromatic nitrogens is 1. The van der Waals surface area contributed by atoms with Gasteiger partial charge in [-0.3, -0.25) is 0 Å². The molecule has 0 amide bonds. The number of carbonyl (C=O) groups is 1. The van der Waals surface area contributed by atoms with Crippen molar-refractivity contribution in [1.82, 2.24) is 4.98 Å². The minimum absolute atomic E-state index is 0.00189. The van der Waals surface area contributed by atoms with E-state index < -0.39 is 5.97 Å². The van der Waals surface area contributed by atoms with E-state index in [2.05, 4.69) is 4.98 Å². The average molecular weight is 380 g/mol. The van der Waals surface area contributed by atoms with Crippen LogP contribution in [0.5, 0.6) is 5.75 Å². The number of benzene rings is 2. The predicted octanol–water partition coefficient (Wildman–Crippen LogP) is 5.72. The Labute approximate surface area is 162 Å². The van der Waals surface area contributed by atoms with Crippen LogP contribution in [0.25, 0.3) is 22.4 Å². The van der Waals surface area contributed by atoms with Gasteiger partial charge in [0.2, 0.25) is 0 Å². The van der Waals surface area contributed by atoms with Crippen LogP contribution in [0.4, 0.5) is 0 Å². The first-order valence-electron chi connectivity index (χ1n) is 8.44. The first-order chi connectivity index (χ1) is 13.1. The van der Waals surface area contributed by atoms with Crippen molar-refractivity contribution in [3.8, 4) is 28.1 Å². The smallest absolute Gasteiger partial charge is 0.354 e. The molecule has 0 aliphatic carbocycles. The summed E-state index contributed by atoms with van der Waals surface area (Å²) in [5, 5.41) is 9.83. The lowest BCUT2D eigenvalue weighted by Gasteiger charge is -2.15. The van der Waals surface area contributed by atoms with Crippen molar-refractivity contribution < 1.29 is 14.6 Å². The summed E-state index contributed by atoms with van der Waals surface area (Å²) >= 11 is 6.23. The van der Waals surface area contributed by atoms with Crippen molar-refractivity contribution in [2.75, 3.05) is 6.61 Å². The molecule has 1 heterocycles. The van der Waals surface area contributed by atoms with Crippen LogP contribution in [0, 0.1) is 0 Å². The Kier molecular flexibility index (Phi) is 5.89. The lowest BCUT2D eigenvalue weighted by atomic mass is 9.96. The summed E-state index contributed by atoms with van der Waals surface area (Å²) in [6.07, 6.45) is 3.84. The molecule has 0 fully saturated rings. The van der Waals surface area contributed by atoms with E-state index in [0.717, 1.165) is 16.7 Å². The highest BCUT2D eigenvalue weighted by Gasteiger charge is 2.14. The number of carboxylic acids is 1. The summed E-state index contributed by atoms with van der Waals surface area (Å²) in [5.41, 5.74) is 3.07. The number of aromatic carboxylic acids is 1. The Morgan fingerprint density at radius 3 is 2.59 bits per heavy atom. The Morgan fingerprint density at radius 1 is 1.07 bits per heavy atom. The molecule has 136 valence electrons. The highest BCUT2D eigenvalue weighted by Crippen LogP contribution is 2.38. The van der Waals surface area contributed by atoms with Gasteiger partial charge in [0.05, 0.1) is 5.69 Å². The maximum Gasteiger partial charge on any atom is 0.354 e. The molecule has 27 heavy (non-hydrogen) atoms. The van der Waals surface area contributed by atoms with E-state index in [1.807, 2.05) is 55.5 Å². The minimum atomic E-state index is -1.06. The van der Waals surface area contributed by atoms with Gasteiger partial charge in [-0.25, -0.2) is 9.78 Å². The zero-order chi connectivity index (χ0) is 19.2. The molecule has 0 unspecified atom stereocenters. The van der Waals surface area contributed by atoms with Crippen molar-refractivity contribution in [2.24, 2.45) is 0 Å². The third-order valence-electron chi connectivity index (χ3n) is 3.97. The summed E-state index contributed by atoms with van der Waals surface area (Å²) < 4.78 is 5.88. The van der Waals surface area contributed by atoms with Crippen molar-refractivity contribution in [2.45, 2.75) is 6.92 Å². The van der Waals surface area contributed by atoms with E-state index in [9.17, 15) is 9.90 Å². The molecule has 0 saturated carbocycles. The molecule has 1 aromatic heterocycles. The van der Waals surface area contributed by atoms with Gasteiger partial charge in [-0.15, -0.1) is 0 Å². The molecular formula is C22H18ClNO3. The fraction of sp³-hybridized carbons (Fsp3) is 0.0909.